The normalized spacial score (nSPS) is 11.3. The van der Waals surface area contributed by atoms with E-state index in [1.54, 1.807) is 0 Å². The minimum atomic E-state index is -4.33. The Morgan fingerprint density at radius 2 is 1.80 bits per heavy atom. The number of hydrogen-bond donors (Lipinski definition) is 2. The third-order valence-electron chi connectivity index (χ3n) is 2.36. The number of nitrogens with one attached hydrogen (secondary N) is 1. The highest BCUT2D eigenvalue weighted by Crippen LogP contribution is 2.24. The fourth-order valence-corrected chi connectivity index (χ4v) is 2.54. The van der Waals surface area contributed by atoms with Gasteiger partial charge in [0.2, 0.25) is 5.95 Å². The Kier molecular flexibility index (Phi) is 3.53. The van der Waals surface area contributed by atoms with Crippen molar-refractivity contribution >= 4 is 21.4 Å². The minimum absolute atomic E-state index is 0.0753. The van der Waals surface area contributed by atoms with E-state index in [2.05, 4.69) is 4.98 Å². The predicted molar refractivity (Wildman–Crippen MR) is 65.8 cm³/mol. The lowest BCUT2D eigenvalue weighted by atomic mass is 10.3. The molecule has 0 saturated carbocycles. The Labute approximate surface area is 112 Å². The Balaban J connectivity index is 2.41. The van der Waals surface area contributed by atoms with Crippen LogP contribution in [-0.4, -0.2) is 13.4 Å². The second-order valence-corrected chi connectivity index (χ2v) is 5.40. The fraction of sp³-hybridized carbons (Fsp3) is 0. The number of pyridine rings is 1. The molecule has 20 heavy (non-hydrogen) atoms. The lowest BCUT2D eigenvalue weighted by molar-refractivity contribution is 0.557. The van der Waals surface area contributed by atoms with Crippen molar-refractivity contribution in [1.29, 1.82) is 0 Å². The van der Waals surface area contributed by atoms with Crippen LogP contribution in [0.25, 0.3) is 0 Å². The molecule has 0 bridgehead atoms. The Morgan fingerprint density at radius 1 is 1.10 bits per heavy atom. The summed E-state index contributed by atoms with van der Waals surface area (Å²) >= 11 is 0. The average Bonchev–Trinajstić information content (AvgIpc) is 2.38. The lowest BCUT2D eigenvalue weighted by Crippen LogP contribution is -2.16. The molecule has 2 rings (SSSR count). The summed E-state index contributed by atoms with van der Waals surface area (Å²) in [5.41, 5.74) is 4.12. The first-order valence-corrected chi connectivity index (χ1v) is 6.67. The van der Waals surface area contributed by atoms with Crippen LogP contribution in [-0.2, 0) is 10.0 Å². The molecular weight excluding hydrogens is 295 g/mol. The number of nitrogens with two attached hydrogens (primary N) is 1. The number of rotatable bonds is 3. The van der Waals surface area contributed by atoms with Gasteiger partial charge in [-0.25, -0.2) is 22.2 Å². The summed E-state index contributed by atoms with van der Waals surface area (Å²) in [6.45, 7) is 0. The Morgan fingerprint density at radius 3 is 2.40 bits per heavy atom. The van der Waals surface area contributed by atoms with Crippen molar-refractivity contribution < 1.29 is 21.6 Å². The summed E-state index contributed by atoms with van der Waals surface area (Å²) in [5.74, 6) is -3.26. The predicted octanol–water partition coefficient (Wildman–Crippen LogP) is 1.88. The van der Waals surface area contributed by atoms with Crippen LogP contribution >= 0.6 is 0 Å². The van der Waals surface area contributed by atoms with E-state index in [9.17, 15) is 21.6 Å². The first-order chi connectivity index (χ1) is 9.31. The molecule has 0 aliphatic heterocycles. The topological polar surface area (TPSA) is 85.1 Å². The molecule has 0 aliphatic rings. The van der Waals surface area contributed by atoms with Gasteiger partial charge in [0.1, 0.15) is 16.4 Å². The van der Waals surface area contributed by atoms with Crippen LogP contribution in [0.1, 0.15) is 0 Å². The summed E-state index contributed by atoms with van der Waals surface area (Å²) < 4.78 is 65.1. The largest absolute Gasteiger partial charge is 0.394 e. The second kappa shape index (κ2) is 5.00. The highest BCUT2D eigenvalue weighted by atomic mass is 32.2. The van der Waals surface area contributed by atoms with Crippen LogP contribution < -0.4 is 10.5 Å². The van der Waals surface area contributed by atoms with E-state index in [0.717, 1.165) is 30.5 Å². The molecule has 1 aromatic carbocycles. The molecule has 1 aromatic heterocycles. The summed E-state index contributed by atoms with van der Waals surface area (Å²) in [7, 11) is -4.33. The highest BCUT2D eigenvalue weighted by Gasteiger charge is 2.22. The molecule has 5 nitrogen and oxygen atoms in total. The molecular formula is C11H8F3N3O2S. The standard InChI is InChI=1S/C11H8F3N3O2S/c12-7-2-3-8(10(14)11(7)15)20(18,19)17-6-1-4-9(13)16-5-6/h1-5,17H,15H2. The van der Waals surface area contributed by atoms with E-state index in [1.807, 2.05) is 4.72 Å². The van der Waals surface area contributed by atoms with E-state index in [-0.39, 0.29) is 5.69 Å². The van der Waals surface area contributed by atoms with Gasteiger partial charge in [0.25, 0.3) is 10.0 Å². The maximum atomic E-state index is 13.7. The maximum absolute atomic E-state index is 13.7. The number of anilines is 2. The van der Waals surface area contributed by atoms with E-state index in [0.29, 0.717) is 0 Å². The monoisotopic (exact) mass is 303 g/mol. The summed E-state index contributed by atoms with van der Waals surface area (Å²) in [4.78, 5) is 2.42. The molecule has 0 amide bonds. The Bertz CT molecular complexity index is 748. The Hall–Kier alpha value is -2.29. The third kappa shape index (κ3) is 2.67. The van der Waals surface area contributed by atoms with Gasteiger partial charge in [-0.15, -0.1) is 0 Å². The fourth-order valence-electron chi connectivity index (χ4n) is 1.40. The van der Waals surface area contributed by atoms with Crippen LogP contribution in [0.15, 0.2) is 35.4 Å². The maximum Gasteiger partial charge on any atom is 0.264 e. The molecule has 3 N–H and O–H groups in total. The number of nitrogen functional groups attached to an aromatic ring is 1. The van der Waals surface area contributed by atoms with Gasteiger partial charge in [-0.2, -0.15) is 4.39 Å². The summed E-state index contributed by atoms with van der Waals surface area (Å²) in [6.07, 6.45) is 0.914. The number of benzene rings is 1. The van der Waals surface area contributed by atoms with Crippen LogP contribution in [0, 0.1) is 17.6 Å². The van der Waals surface area contributed by atoms with Crippen molar-refractivity contribution in [2.45, 2.75) is 4.90 Å². The number of hydrogen-bond acceptors (Lipinski definition) is 4. The van der Waals surface area contributed by atoms with Crippen molar-refractivity contribution in [2.24, 2.45) is 0 Å². The zero-order valence-corrected chi connectivity index (χ0v) is 10.6. The smallest absolute Gasteiger partial charge is 0.264 e. The van der Waals surface area contributed by atoms with Crippen molar-refractivity contribution in [3.63, 3.8) is 0 Å². The first-order valence-electron chi connectivity index (χ1n) is 5.19. The van der Waals surface area contributed by atoms with Crippen LogP contribution in [0.5, 0.6) is 0 Å². The van der Waals surface area contributed by atoms with Crippen LogP contribution in [0.4, 0.5) is 24.5 Å². The van der Waals surface area contributed by atoms with Crippen molar-refractivity contribution in [2.75, 3.05) is 10.5 Å². The first kappa shape index (κ1) is 14.1. The summed E-state index contributed by atoms with van der Waals surface area (Å²) in [5, 5.41) is 0. The van der Waals surface area contributed by atoms with E-state index >= 15 is 0 Å². The molecule has 1 heterocycles. The van der Waals surface area contributed by atoms with E-state index in [1.165, 1.54) is 0 Å². The number of nitrogens with zero attached hydrogens (tertiary/aromatic N) is 1. The van der Waals surface area contributed by atoms with Crippen molar-refractivity contribution in [1.82, 2.24) is 4.98 Å². The van der Waals surface area contributed by atoms with Crippen molar-refractivity contribution in [3.05, 3.63) is 48.0 Å². The van der Waals surface area contributed by atoms with Crippen LogP contribution in [0.3, 0.4) is 0 Å². The molecule has 0 saturated heterocycles. The van der Waals surface area contributed by atoms with Crippen LogP contribution in [0.2, 0.25) is 0 Å². The van der Waals surface area contributed by atoms with Gasteiger partial charge < -0.3 is 5.73 Å². The molecule has 0 aliphatic carbocycles. The second-order valence-electron chi connectivity index (χ2n) is 3.75. The minimum Gasteiger partial charge on any atom is -0.394 e. The zero-order chi connectivity index (χ0) is 14.9. The van der Waals surface area contributed by atoms with E-state index in [4.69, 9.17) is 5.73 Å². The van der Waals surface area contributed by atoms with Crippen molar-refractivity contribution in [3.8, 4) is 0 Å². The molecule has 0 radical (unpaired) electrons. The SMILES string of the molecule is Nc1c(F)ccc(S(=O)(=O)Nc2ccc(F)nc2)c1F. The third-order valence-corrected chi connectivity index (χ3v) is 3.76. The number of halogens is 3. The number of sulfonamides is 1. The zero-order valence-electron chi connectivity index (χ0n) is 9.77. The van der Waals surface area contributed by atoms with Gasteiger partial charge in [-0.1, -0.05) is 0 Å². The summed E-state index contributed by atoms with van der Waals surface area (Å²) in [6, 6.07) is 3.49. The molecule has 0 unspecified atom stereocenters. The molecule has 0 atom stereocenters. The van der Waals surface area contributed by atoms with Gasteiger partial charge in [0.05, 0.1) is 11.9 Å². The quantitative estimate of drug-likeness (QED) is 0.669. The molecule has 106 valence electrons. The van der Waals surface area contributed by atoms with Gasteiger partial charge in [0.15, 0.2) is 5.82 Å². The number of aromatic nitrogens is 1. The molecule has 9 heteroatoms. The average molecular weight is 303 g/mol. The van der Waals surface area contributed by atoms with Gasteiger partial charge in [-0.05, 0) is 24.3 Å². The van der Waals surface area contributed by atoms with Gasteiger partial charge in [0, 0.05) is 0 Å². The lowest BCUT2D eigenvalue weighted by Gasteiger charge is -2.09. The molecule has 2 aromatic rings. The molecule has 0 spiro atoms. The van der Waals surface area contributed by atoms with Gasteiger partial charge >= 0.3 is 0 Å². The highest BCUT2D eigenvalue weighted by molar-refractivity contribution is 7.92. The van der Waals surface area contributed by atoms with E-state index < -0.39 is 38.2 Å². The van der Waals surface area contributed by atoms with Gasteiger partial charge in [-0.3, -0.25) is 4.72 Å². The molecule has 0 fully saturated rings.